The lowest BCUT2D eigenvalue weighted by atomic mass is 10.1. The van der Waals surface area contributed by atoms with E-state index in [0.29, 0.717) is 5.56 Å². The lowest BCUT2D eigenvalue weighted by Gasteiger charge is -2.14. The molecule has 5 heteroatoms. The first kappa shape index (κ1) is 14.7. The SMILES string of the molecule is Cc1cncc(C(=O)NC(Cc2ccccc2)C(=O)O)c1. The third-order valence-corrected chi connectivity index (χ3v) is 3.02. The molecule has 1 aromatic heterocycles. The zero-order valence-corrected chi connectivity index (χ0v) is 11.6. The van der Waals surface area contributed by atoms with Crippen molar-refractivity contribution in [1.29, 1.82) is 0 Å². The van der Waals surface area contributed by atoms with E-state index in [1.165, 1.54) is 6.20 Å². The van der Waals surface area contributed by atoms with E-state index in [9.17, 15) is 14.7 Å². The van der Waals surface area contributed by atoms with Crippen LogP contribution >= 0.6 is 0 Å². The summed E-state index contributed by atoms with van der Waals surface area (Å²) in [7, 11) is 0. The maximum absolute atomic E-state index is 12.1. The Morgan fingerprint density at radius 3 is 2.57 bits per heavy atom. The lowest BCUT2D eigenvalue weighted by Crippen LogP contribution is -2.42. The van der Waals surface area contributed by atoms with Gasteiger partial charge in [0.05, 0.1) is 5.56 Å². The molecule has 0 bridgehead atoms. The van der Waals surface area contributed by atoms with Gasteiger partial charge in [-0.1, -0.05) is 30.3 Å². The molecule has 2 aromatic rings. The van der Waals surface area contributed by atoms with Gasteiger partial charge < -0.3 is 10.4 Å². The third kappa shape index (κ3) is 4.14. The van der Waals surface area contributed by atoms with Crippen molar-refractivity contribution in [2.45, 2.75) is 19.4 Å². The fourth-order valence-corrected chi connectivity index (χ4v) is 1.97. The van der Waals surface area contributed by atoms with Gasteiger partial charge in [-0.05, 0) is 24.1 Å². The second-order valence-corrected chi connectivity index (χ2v) is 4.80. The molecule has 0 aliphatic rings. The number of nitrogens with zero attached hydrogens (tertiary/aromatic N) is 1. The number of hydrogen-bond acceptors (Lipinski definition) is 3. The Hall–Kier alpha value is -2.69. The minimum absolute atomic E-state index is 0.237. The van der Waals surface area contributed by atoms with Gasteiger partial charge >= 0.3 is 5.97 Å². The third-order valence-electron chi connectivity index (χ3n) is 3.02. The topological polar surface area (TPSA) is 79.3 Å². The molecule has 1 heterocycles. The number of carboxylic acid groups (broad SMARTS) is 1. The number of aryl methyl sites for hydroxylation is 1. The van der Waals surface area contributed by atoms with Crippen LogP contribution in [0.3, 0.4) is 0 Å². The van der Waals surface area contributed by atoms with Crippen LogP contribution in [0.25, 0.3) is 0 Å². The van der Waals surface area contributed by atoms with Crippen molar-refractivity contribution in [3.63, 3.8) is 0 Å². The number of aromatic nitrogens is 1. The minimum Gasteiger partial charge on any atom is -0.480 e. The number of benzene rings is 1. The molecular formula is C16H16N2O3. The van der Waals surface area contributed by atoms with E-state index in [4.69, 9.17) is 0 Å². The number of amides is 1. The highest BCUT2D eigenvalue weighted by Crippen LogP contribution is 2.06. The summed E-state index contributed by atoms with van der Waals surface area (Å²) in [4.78, 5) is 27.3. The van der Waals surface area contributed by atoms with E-state index < -0.39 is 17.9 Å². The Bertz CT molecular complexity index is 641. The van der Waals surface area contributed by atoms with Crippen molar-refractivity contribution in [2.75, 3.05) is 0 Å². The van der Waals surface area contributed by atoms with Gasteiger partial charge in [0.15, 0.2) is 0 Å². The van der Waals surface area contributed by atoms with E-state index in [2.05, 4.69) is 10.3 Å². The molecule has 0 saturated carbocycles. The molecule has 21 heavy (non-hydrogen) atoms. The summed E-state index contributed by atoms with van der Waals surface area (Å²) in [5.74, 6) is -1.50. The van der Waals surface area contributed by atoms with Crippen LogP contribution in [0.1, 0.15) is 21.5 Å². The van der Waals surface area contributed by atoms with Crippen LogP contribution in [0.15, 0.2) is 48.8 Å². The quantitative estimate of drug-likeness (QED) is 0.877. The summed E-state index contributed by atoms with van der Waals surface area (Å²) in [6, 6.07) is 9.88. The molecule has 0 aliphatic heterocycles. The van der Waals surface area contributed by atoms with Crippen LogP contribution in [-0.2, 0) is 11.2 Å². The van der Waals surface area contributed by atoms with Crippen LogP contribution in [-0.4, -0.2) is 28.0 Å². The maximum Gasteiger partial charge on any atom is 0.326 e. The maximum atomic E-state index is 12.1. The normalized spacial score (nSPS) is 11.7. The lowest BCUT2D eigenvalue weighted by molar-refractivity contribution is -0.139. The van der Waals surface area contributed by atoms with Crippen molar-refractivity contribution in [1.82, 2.24) is 10.3 Å². The molecule has 1 amide bonds. The zero-order valence-electron chi connectivity index (χ0n) is 11.6. The fraction of sp³-hybridized carbons (Fsp3) is 0.188. The zero-order chi connectivity index (χ0) is 15.2. The molecule has 108 valence electrons. The largest absolute Gasteiger partial charge is 0.480 e. The van der Waals surface area contributed by atoms with Crippen LogP contribution in [0.5, 0.6) is 0 Å². The highest BCUT2D eigenvalue weighted by molar-refractivity contribution is 5.96. The van der Waals surface area contributed by atoms with E-state index in [1.54, 1.807) is 12.3 Å². The van der Waals surface area contributed by atoms with Gasteiger partial charge in [-0.15, -0.1) is 0 Å². The van der Waals surface area contributed by atoms with Crippen molar-refractivity contribution in [2.24, 2.45) is 0 Å². The fourth-order valence-electron chi connectivity index (χ4n) is 1.97. The highest BCUT2D eigenvalue weighted by Gasteiger charge is 2.21. The molecule has 2 rings (SSSR count). The number of nitrogens with one attached hydrogen (secondary N) is 1. The Balaban J connectivity index is 2.10. The Kier molecular flexibility index (Phi) is 4.66. The van der Waals surface area contributed by atoms with Crippen molar-refractivity contribution < 1.29 is 14.7 Å². The Labute approximate surface area is 122 Å². The number of rotatable bonds is 5. The Morgan fingerprint density at radius 1 is 1.24 bits per heavy atom. The number of hydrogen-bond donors (Lipinski definition) is 2. The summed E-state index contributed by atoms with van der Waals surface area (Å²) in [6.07, 6.45) is 3.29. The smallest absolute Gasteiger partial charge is 0.326 e. The average Bonchev–Trinajstić information content (AvgIpc) is 2.47. The summed E-state index contributed by atoms with van der Waals surface area (Å²) in [6.45, 7) is 1.82. The number of carbonyl (C=O) groups is 2. The summed E-state index contributed by atoms with van der Waals surface area (Å²) < 4.78 is 0. The first-order valence-corrected chi connectivity index (χ1v) is 6.55. The molecule has 1 atom stereocenters. The van der Waals surface area contributed by atoms with Crippen LogP contribution in [0.4, 0.5) is 0 Å². The summed E-state index contributed by atoms with van der Waals surface area (Å²) >= 11 is 0. The van der Waals surface area contributed by atoms with E-state index in [-0.39, 0.29) is 6.42 Å². The number of carbonyl (C=O) groups excluding carboxylic acids is 1. The van der Waals surface area contributed by atoms with Gasteiger partial charge in [0.25, 0.3) is 5.91 Å². The van der Waals surface area contributed by atoms with Gasteiger partial charge in [0.1, 0.15) is 6.04 Å². The van der Waals surface area contributed by atoms with Crippen LogP contribution in [0, 0.1) is 6.92 Å². The molecular weight excluding hydrogens is 268 g/mol. The molecule has 2 N–H and O–H groups in total. The molecule has 0 radical (unpaired) electrons. The predicted molar refractivity (Wildman–Crippen MR) is 78.0 cm³/mol. The standard InChI is InChI=1S/C16H16N2O3/c1-11-7-13(10-17-9-11)15(19)18-14(16(20)21)8-12-5-3-2-4-6-12/h2-7,9-10,14H,8H2,1H3,(H,18,19)(H,20,21). The second kappa shape index (κ2) is 6.65. The number of aliphatic carboxylic acids is 1. The van der Waals surface area contributed by atoms with Gasteiger partial charge in [-0.2, -0.15) is 0 Å². The van der Waals surface area contributed by atoms with Gasteiger partial charge in [-0.3, -0.25) is 9.78 Å². The van der Waals surface area contributed by atoms with Gasteiger partial charge in [0.2, 0.25) is 0 Å². The first-order valence-electron chi connectivity index (χ1n) is 6.55. The number of pyridine rings is 1. The summed E-state index contributed by atoms with van der Waals surface area (Å²) in [5.41, 5.74) is 2.06. The Morgan fingerprint density at radius 2 is 1.95 bits per heavy atom. The molecule has 0 spiro atoms. The average molecular weight is 284 g/mol. The second-order valence-electron chi connectivity index (χ2n) is 4.80. The molecule has 1 aromatic carbocycles. The first-order chi connectivity index (χ1) is 10.1. The van der Waals surface area contributed by atoms with Gasteiger partial charge in [0, 0.05) is 18.8 Å². The van der Waals surface area contributed by atoms with Crippen LogP contribution in [0.2, 0.25) is 0 Å². The molecule has 1 unspecified atom stereocenters. The molecule has 0 saturated heterocycles. The van der Waals surface area contributed by atoms with Gasteiger partial charge in [-0.25, -0.2) is 4.79 Å². The van der Waals surface area contributed by atoms with Crippen LogP contribution < -0.4 is 5.32 Å². The molecule has 0 aliphatic carbocycles. The van der Waals surface area contributed by atoms with E-state index >= 15 is 0 Å². The van der Waals surface area contributed by atoms with E-state index in [1.807, 2.05) is 37.3 Å². The van der Waals surface area contributed by atoms with E-state index in [0.717, 1.165) is 11.1 Å². The highest BCUT2D eigenvalue weighted by atomic mass is 16.4. The summed E-state index contributed by atoms with van der Waals surface area (Å²) in [5, 5.41) is 11.8. The van der Waals surface area contributed by atoms with Crippen molar-refractivity contribution >= 4 is 11.9 Å². The molecule has 5 nitrogen and oxygen atoms in total. The molecule has 0 fully saturated rings. The minimum atomic E-state index is -1.06. The predicted octanol–water partition coefficient (Wildman–Crippen LogP) is 1.82. The monoisotopic (exact) mass is 284 g/mol. The van der Waals surface area contributed by atoms with Crippen molar-refractivity contribution in [3.8, 4) is 0 Å². The van der Waals surface area contributed by atoms with Crippen molar-refractivity contribution in [3.05, 3.63) is 65.5 Å². The number of carboxylic acids is 1.